The lowest BCUT2D eigenvalue weighted by Gasteiger charge is -2.18. The van der Waals surface area contributed by atoms with E-state index in [1.165, 1.54) is 13.0 Å². The molecule has 0 unspecified atom stereocenters. The van der Waals surface area contributed by atoms with E-state index >= 15 is 0 Å². The topological polar surface area (TPSA) is 92.4 Å². The summed E-state index contributed by atoms with van der Waals surface area (Å²) in [6, 6.07) is 3.61. The number of aliphatic hydroxyl groups is 1. The fourth-order valence-corrected chi connectivity index (χ4v) is 1.81. The van der Waals surface area contributed by atoms with Crippen LogP contribution in [0.25, 0.3) is 0 Å². The van der Waals surface area contributed by atoms with E-state index in [9.17, 15) is 14.7 Å². The van der Waals surface area contributed by atoms with Gasteiger partial charge in [-0.2, -0.15) is 0 Å². The number of primary amides is 1. The third-order valence-corrected chi connectivity index (χ3v) is 3.83. The highest BCUT2D eigenvalue weighted by Gasteiger charge is 2.23. The Labute approximate surface area is 123 Å². The summed E-state index contributed by atoms with van der Waals surface area (Å²) < 4.78 is 0.813. The van der Waals surface area contributed by atoms with Gasteiger partial charge in [-0.3, -0.25) is 9.59 Å². The summed E-state index contributed by atoms with van der Waals surface area (Å²) in [5.74, 6) is -1.31. The van der Waals surface area contributed by atoms with Gasteiger partial charge in [0.25, 0.3) is 5.91 Å². The summed E-state index contributed by atoms with van der Waals surface area (Å²) in [5, 5.41) is 12.1. The summed E-state index contributed by atoms with van der Waals surface area (Å²) in [6.45, 7) is 1.37. The van der Waals surface area contributed by atoms with Gasteiger partial charge < -0.3 is 16.2 Å². The highest BCUT2D eigenvalue weighted by molar-refractivity contribution is 14.1. The average molecular weight is 383 g/mol. The number of nitrogens with one attached hydrogen (secondary N) is 1. The smallest absolute Gasteiger partial charge is 0.252 e. The highest BCUT2D eigenvalue weighted by Crippen LogP contribution is 2.19. The Balaban J connectivity index is 2.87. The molecule has 1 aromatic carbocycles. The predicted octanol–water partition coefficient (Wildman–Crippen LogP) is 0.909. The van der Waals surface area contributed by atoms with Gasteiger partial charge in [-0.25, -0.2) is 0 Å². The van der Waals surface area contributed by atoms with Crippen molar-refractivity contribution >= 4 is 46.0 Å². The minimum Gasteiger partial charge on any atom is -0.391 e. The third-order valence-electron chi connectivity index (χ3n) is 2.26. The van der Waals surface area contributed by atoms with Crippen molar-refractivity contribution in [3.63, 3.8) is 0 Å². The molecule has 4 N–H and O–H groups in total. The number of rotatable bonds is 4. The first-order valence-corrected chi connectivity index (χ1v) is 6.52. The van der Waals surface area contributed by atoms with Crippen LogP contribution in [-0.4, -0.2) is 29.1 Å². The minimum atomic E-state index is -1.13. The Bertz CT molecular complexity index is 479. The third kappa shape index (κ3) is 3.82. The van der Waals surface area contributed by atoms with Gasteiger partial charge in [0.1, 0.15) is 6.04 Å². The van der Waals surface area contributed by atoms with Crippen LogP contribution in [0, 0.1) is 3.57 Å². The number of amides is 2. The molecule has 2 atom stereocenters. The van der Waals surface area contributed by atoms with Crippen LogP contribution in [0.2, 0.25) is 5.02 Å². The van der Waals surface area contributed by atoms with Crippen LogP contribution < -0.4 is 11.1 Å². The second kappa shape index (κ2) is 6.35. The molecule has 2 amide bonds. The van der Waals surface area contributed by atoms with Crippen molar-refractivity contribution < 1.29 is 14.7 Å². The Morgan fingerprint density at radius 3 is 2.56 bits per heavy atom. The normalized spacial score (nSPS) is 13.8. The Morgan fingerprint density at radius 2 is 2.11 bits per heavy atom. The summed E-state index contributed by atoms with van der Waals surface area (Å²) in [7, 11) is 0. The van der Waals surface area contributed by atoms with E-state index in [1.807, 2.05) is 22.6 Å². The molecule has 0 aliphatic heterocycles. The van der Waals surface area contributed by atoms with Gasteiger partial charge in [0.15, 0.2) is 0 Å². The number of carbonyl (C=O) groups is 2. The largest absolute Gasteiger partial charge is 0.391 e. The van der Waals surface area contributed by atoms with Gasteiger partial charge in [-0.05, 0) is 47.7 Å². The van der Waals surface area contributed by atoms with Crippen molar-refractivity contribution in [3.8, 4) is 0 Å². The lowest BCUT2D eigenvalue weighted by atomic mass is 10.1. The van der Waals surface area contributed by atoms with Gasteiger partial charge in [0, 0.05) is 9.13 Å². The summed E-state index contributed by atoms with van der Waals surface area (Å²) in [4.78, 5) is 22.9. The zero-order valence-corrected chi connectivity index (χ0v) is 12.4. The standard InChI is InChI=1S/C11H12ClIN2O3/c1-5(16)9(10(14)17)15-11(18)6-2-3-8(13)7(12)4-6/h2-5,9,16H,1H3,(H2,14,17)(H,15,18)/t5-,9+/m1/s1. The van der Waals surface area contributed by atoms with E-state index in [0.29, 0.717) is 10.6 Å². The van der Waals surface area contributed by atoms with Gasteiger partial charge in [0.05, 0.1) is 11.1 Å². The van der Waals surface area contributed by atoms with Crippen LogP contribution in [0.4, 0.5) is 0 Å². The molecule has 5 nitrogen and oxygen atoms in total. The van der Waals surface area contributed by atoms with Crippen molar-refractivity contribution in [2.45, 2.75) is 19.1 Å². The average Bonchev–Trinajstić information content (AvgIpc) is 2.28. The fourth-order valence-electron chi connectivity index (χ4n) is 1.29. The molecule has 0 heterocycles. The van der Waals surface area contributed by atoms with Gasteiger partial charge in [0.2, 0.25) is 5.91 Å². The monoisotopic (exact) mass is 382 g/mol. The fraction of sp³-hybridized carbons (Fsp3) is 0.273. The molecular formula is C11H12ClIN2O3. The van der Waals surface area contributed by atoms with E-state index < -0.39 is 24.0 Å². The summed E-state index contributed by atoms with van der Waals surface area (Å²) in [6.07, 6.45) is -1.06. The first kappa shape index (κ1) is 15.2. The van der Waals surface area contributed by atoms with Crippen LogP contribution in [0.1, 0.15) is 17.3 Å². The number of hydrogen-bond acceptors (Lipinski definition) is 3. The molecule has 0 saturated carbocycles. The van der Waals surface area contributed by atoms with E-state index in [1.54, 1.807) is 12.1 Å². The summed E-state index contributed by atoms with van der Waals surface area (Å²) in [5.41, 5.74) is 5.38. The van der Waals surface area contributed by atoms with Crippen LogP contribution >= 0.6 is 34.2 Å². The minimum absolute atomic E-state index is 0.298. The number of halogens is 2. The Hall–Kier alpha value is -0.860. The second-order valence-corrected chi connectivity index (χ2v) is 5.29. The molecule has 0 bridgehead atoms. The quantitative estimate of drug-likeness (QED) is 0.676. The van der Waals surface area contributed by atoms with Gasteiger partial charge in [-0.1, -0.05) is 11.6 Å². The van der Waals surface area contributed by atoms with Crippen molar-refractivity contribution in [1.82, 2.24) is 5.32 Å². The number of benzene rings is 1. The van der Waals surface area contributed by atoms with E-state index in [4.69, 9.17) is 17.3 Å². The lowest BCUT2D eigenvalue weighted by molar-refractivity contribution is -0.122. The van der Waals surface area contributed by atoms with E-state index in [2.05, 4.69) is 5.32 Å². The molecule has 0 fully saturated rings. The van der Waals surface area contributed by atoms with Crippen LogP contribution in [0.5, 0.6) is 0 Å². The maximum Gasteiger partial charge on any atom is 0.252 e. The van der Waals surface area contributed by atoms with Crippen LogP contribution in [0.15, 0.2) is 18.2 Å². The Kier molecular flexibility index (Phi) is 5.36. The molecule has 1 aromatic rings. The zero-order chi connectivity index (χ0) is 13.9. The van der Waals surface area contributed by atoms with Gasteiger partial charge in [-0.15, -0.1) is 0 Å². The van der Waals surface area contributed by atoms with Crippen molar-refractivity contribution in [2.75, 3.05) is 0 Å². The molecule has 18 heavy (non-hydrogen) atoms. The molecular weight excluding hydrogens is 370 g/mol. The molecule has 0 spiro atoms. The number of hydrogen-bond donors (Lipinski definition) is 3. The summed E-state index contributed by atoms with van der Waals surface area (Å²) >= 11 is 7.92. The second-order valence-electron chi connectivity index (χ2n) is 3.72. The maximum absolute atomic E-state index is 11.8. The molecule has 98 valence electrons. The molecule has 7 heteroatoms. The van der Waals surface area contributed by atoms with Crippen LogP contribution in [-0.2, 0) is 4.79 Å². The van der Waals surface area contributed by atoms with Gasteiger partial charge >= 0.3 is 0 Å². The van der Waals surface area contributed by atoms with E-state index in [0.717, 1.165) is 3.57 Å². The zero-order valence-electron chi connectivity index (χ0n) is 9.48. The SMILES string of the molecule is C[C@@H](O)[C@H](NC(=O)c1ccc(I)c(Cl)c1)C(N)=O. The number of nitrogens with two attached hydrogens (primary N) is 1. The molecule has 0 aromatic heterocycles. The van der Waals surface area contributed by atoms with Crippen molar-refractivity contribution in [1.29, 1.82) is 0 Å². The molecule has 0 aliphatic rings. The van der Waals surface area contributed by atoms with Crippen molar-refractivity contribution in [3.05, 3.63) is 32.4 Å². The first-order valence-electron chi connectivity index (χ1n) is 5.06. The molecule has 0 radical (unpaired) electrons. The first-order chi connectivity index (χ1) is 8.32. The molecule has 0 aliphatic carbocycles. The van der Waals surface area contributed by atoms with E-state index in [-0.39, 0.29) is 0 Å². The lowest BCUT2D eigenvalue weighted by Crippen LogP contribution is -2.50. The molecule has 1 rings (SSSR count). The van der Waals surface area contributed by atoms with Crippen molar-refractivity contribution in [2.24, 2.45) is 5.73 Å². The van der Waals surface area contributed by atoms with Crippen LogP contribution in [0.3, 0.4) is 0 Å². The Morgan fingerprint density at radius 1 is 1.50 bits per heavy atom. The maximum atomic E-state index is 11.8. The predicted molar refractivity (Wildman–Crippen MR) is 76.3 cm³/mol. The number of aliphatic hydroxyl groups excluding tert-OH is 1. The molecule has 0 saturated heterocycles. The highest BCUT2D eigenvalue weighted by atomic mass is 127. The number of carbonyl (C=O) groups excluding carboxylic acids is 2.